The van der Waals surface area contributed by atoms with Gasteiger partial charge < -0.3 is 10.1 Å². The highest BCUT2D eigenvalue weighted by molar-refractivity contribution is 9.10. The second kappa shape index (κ2) is 5.86. The standard InChI is InChI=1S/C16H22BrNO2/c1-10-5-11(7-12(17)6-10)13-8-18-9-14(13)15(19)20-16(2,3)4/h5-7,13-14,18H,8-9H2,1-4H3/t13-,14+/m0/s1. The van der Waals surface area contributed by atoms with Crippen LogP contribution in [0.15, 0.2) is 22.7 Å². The number of aryl methyl sites for hydroxylation is 1. The van der Waals surface area contributed by atoms with Gasteiger partial charge in [-0.3, -0.25) is 4.79 Å². The lowest BCUT2D eigenvalue weighted by molar-refractivity contribution is -0.159. The molecule has 0 radical (unpaired) electrons. The molecule has 2 rings (SSSR count). The number of carbonyl (C=O) groups excluding carboxylic acids is 1. The van der Waals surface area contributed by atoms with Crippen molar-refractivity contribution in [3.8, 4) is 0 Å². The van der Waals surface area contributed by atoms with Crippen molar-refractivity contribution in [2.24, 2.45) is 5.92 Å². The molecule has 1 aliphatic rings. The minimum atomic E-state index is -0.433. The van der Waals surface area contributed by atoms with Crippen molar-refractivity contribution in [1.82, 2.24) is 5.32 Å². The zero-order valence-corrected chi connectivity index (χ0v) is 14.1. The summed E-state index contributed by atoms with van der Waals surface area (Å²) in [5.41, 5.74) is 1.96. The Kier molecular flexibility index (Phi) is 4.55. The quantitative estimate of drug-likeness (QED) is 0.839. The van der Waals surface area contributed by atoms with Gasteiger partial charge in [0, 0.05) is 23.5 Å². The minimum absolute atomic E-state index is 0.106. The first kappa shape index (κ1) is 15.5. The van der Waals surface area contributed by atoms with Crippen LogP contribution in [0.5, 0.6) is 0 Å². The zero-order chi connectivity index (χ0) is 14.9. The molecule has 20 heavy (non-hydrogen) atoms. The van der Waals surface area contributed by atoms with Gasteiger partial charge in [0.05, 0.1) is 5.92 Å². The van der Waals surface area contributed by atoms with Crippen LogP contribution in [-0.4, -0.2) is 24.7 Å². The third-order valence-corrected chi connectivity index (χ3v) is 3.87. The highest BCUT2D eigenvalue weighted by Gasteiger charge is 2.36. The molecule has 4 heteroatoms. The monoisotopic (exact) mass is 339 g/mol. The lowest BCUT2D eigenvalue weighted by Crippen LogP contribution is -2.31. The van der Waals surface area contributed by atoms with E-state index in [4.69, 9.17) is 4.74 Å². The molecule has 0 saturated carbocycles. The molecule has 3 nitrogen and oxygen atoms in total. The molecule has 110 valence electrons. The first-order chi connectivity index (χ1) is 9.26. The Bertz CT molecular complexity index is 487. The van der Waals surface area contributed by atoms with Crippen molar-refractivity contribution in [2.45, 2.75) is 39.2 Å². The number of ether oxygens (including phenoxy) is 1. The van der Waals surface area contributed by atoms with Crippen LogP contribution < -0.4 is 5.32 Å². The third-order valence-electron chi connectivity index (χ3n) is 3.42. The van der Waals surface area contributed by atoms with E-state index in [9.17, 15) is 4.79 Å². The Morgan fingerprint density at radius 1 is 1.30 bits per heavy atom. The van der Waals surface area contributed by atoms with Crippen LogP contribution in [0.1, 0.15) is 37.8 Å². The van der Waals surface area contributed by atoms with E-state index in [1.807, 2.05) is 20.8 Å². The third kappa shape index (κ3) is 3.83. The maximum atomic E-state index is 12.3. The van der Waals surface area contributed by atoms with Crippen molar-refractivity contribution in [3.63, 3.8) is 0 Å². The van der Waals surface area contributed by atoms with E-state index in [0.29, 0.717) is 6.54 Å². The number of rotatable bonds is 2. The summed E-state index contributed by atoms with van der Waals surface area (Å²) in [6.45, 7) is 9.30. The first-order valence-electron chi connectivity index (χ1n) is 6.97. The fraction of sp³-hybridized carbons (Fsp3) is 0.562. The lowest BCUT2D eigenvalue weighted by atomic mass is 9.88. The number of hydrogen-bond acceptors (Lipinski definition) is 3. The van der Waals surface area contributed by atoms with Gasteiger partial charge in [-0.2, -0.15) is 0 Å². The fourth-order valence-corrected chi connectivity index (χ4v) is 3.26. The predicted octanol–water partition coefficient (Wildman–Crippen LogP) is 3.40. The van der Waals surface area contributed by atoms with Gasteiger partial charge in [0.25, 0.3) is 0 Å². The largest absolute Gasteiger partial charge is 0.460 e. The van der Waals surface area contributed by atoms with E-state index in [-0.39, 0.29) is 17.8 Å². The molecule has 1 fully saturated rings. The maximum Gasteiger partial charge on any atom is 0.311 e. The van der Waals surface area contributed by atoms with E-state index in [1.54, 1.807) is 0 Å². The van der Waals surface area contributed by atoms with Gasteiger partial charge in [-0.1, -0.05) is 22.0 Å². The molecule has 2 atom stereocenters. The van der Waals surface area contributed by atoms with Crippen LogP contribution in [0.4, 0.5) is 0 Å². The van der Waals surface area contributed by atoms with Gasteiger partial charge in [0.2, 0.25) is 0 Å². The van der Waals surface area contributed by atoms with E-state index in [0.717, 1.165) is 11.0 Å². The molecule has 0 aromatic heterocycles. The molecule has 1 N–H and O–H groups in total. The number of benzene rings is 1. The smallest absolute Gasteiger partial charge is 0.311 e. The van der Waals surface area contributed by atoms with Gasteiger partial charge in [0.15, 0.2) is 0 Å². The molecule has 1 aromatic carbocycles. The van der Waals surface area contributed by atoms with Crippen LogP contribution in [0, 0.1) is 12.8 Å². The molecule has 0 unspecified atom stereocenters. The Balaban J connectivity index is 2.20. The van der Waals surface area contributed by atoms with Gasteiger partial charge in [0.1, 0.15) is 5.60 Å². The summed E-state index contributed by atoms with van der Waals surface area (Å²) in [5.74, 6) is -0.0332. The topological polar surface area (TPSA) is 38.3 Å². The van der Waals surface area contributed by atoms with E-state index in [1.165, 1.54) is 11.1 Å². The van der Waals surface area contributed by atoms with Gasteiger partial charge >= 0.3 is 5.97 Å². The van der Waals surface area contributed by atoms with Gasteiger partial charge in [-0.25, -0.2) is 0 Å². The van der Waals surface area contributed by atoms with Crippen LogP contribution in [0.2, 0.25) is 0 Å². The minimum Gasteiger partial charge on any atom is -0.460 e. The summed E-state index contributed by atoms with van der Waals surface area (Å²) in [5, 5.41) is 3.31. The van der Waals surface area contributed by atoms with E-state index < -0.39 is 5.60 Å². The molecule has 1 heterocycles. The van der Waals surface area contributed by atoms with Crippen molar-refractivity contribution in [2.75, 3.05) is 13.1 Å². The second-order valence-electron chi connectivity index (χ2n) is 6.47. The molecular formula is C16H22BrNO2. The normalized spacial score (nSPS) is 22.9. The van der Waals surface area contributed by atoms with Gasteiger partial charge in [-0.05, 0) is 51.0 Å². The Hall–Kier alpha value is -0.870. The highest BCUT2D eigenvalue weighted by atomic mass is 79.9. The molecule has 0 amide bonds. The van der Waals surface area contributed by atoms with Crippen molar-refractivity contribution in [3.05, 3.63) is 33.8 Å². The molecular weight excluding hydrogens is 318 g/mol. The summed E-state index contributed by atoms with van der Waals surface area (Å²) in [6, 6.07) is 6.33. The van der Waals surface area contributed by atoms with Crippen LogP contribution in [0.3, 0.4) is 0 Å². The number of esters is 1. The molecule has 1 aliphatic heterocycles. The number of halogens is 1. The van der Waals surface area contributed by atoms with Crippen molar-refractivity contribution >= 4 is 21.9 Å². The highest BCUT2D eigenvalue weighted by Crippen LogP contribution is 2.32. The Morgan fingerprint density at radius 3 is 2.60 bits per heavy atom. The van der Waals surface area contributed by atoms with Crippen LogP contribution in [0.25, 0.3) is 0 Å². The van der Waals surface area contributed by atoms with Crippen LogP contribution >= 0.6 is 15.9 Å². The second-order valence-corrected chi connectivity index (χ2v) is 7.38. The van der Waals surface area contributed by atoms with E-state index in [2.05, 4.69) is 46.4 Å². The number of carbonyl (C=O) groups is 1. The molecule has 0 aliphatic carbocycles. The zero-order valence-electron chi connectivity index (χ0n) is 12.5. The Morgan fingerprint density at radius 2 is 2.00 bits per heavy atom. The summed E-state index contributed by atoms with van der Waals surface area (Å²) < 4.78 is 6.60. The fourth-order valence-electron chi connectivity index (χ4n) is 2.63. The SMILES string of the molecule is Cc1cc(Br)cc([C@@H]2CNC[C@H]2C(=O)OC(C)(C)C)c1. The predicted molar refractivity (Wildman–Crippen MR) is 83.8 cm³/mol. The average molecular weight is 340 g/mol. The molecule has 0 spiro atoms. The lowest BCUT2D eigenvalue weighted by Gasteiger charge is -2.25. The summed E-state index contributed by atoms with van der Waals surface area (Å²) in [6.07, 6.45) is 0. The average Bonchev–Trinajstić information content (AvgIpc) is 2.73. The molecule has 0 bridgehead atoms. The van der Waals surface area contributed by atoms with Crippen LogP contribution in [-0.2, 0) is 9.53 Å². The summed E-state index contributed by atoms with van der Waals surface area (Å²) >= 11 is 3.53. The van der Waals surface area contributed by atoms with E-state index >= 15 is 0 Å². The summed E-state index contributed by atoms with van der Waals surface area (Å²) in [4.78, 5) is 12.3. The number of hydrogen-bond donors (Lipinski definition) is 1. The Labute approximate surface area is 129 Å². The first-order valence-corrected chi connectivity index (χ1v) is 7.76. The van der Waals surface area contributed by atoms with Crippen molar-refractivity contribution in [1.29, 1.82) is 0 Å². The molecule has 1 saturated heterocycles. The summed E-state index contributed by atoms with van der Waals surface area (Å²) in [7, 11) is 0. The maximum absolute atomic E-state index is 12.3. The molecule has 1 aromatic rings. The number of nitrogens with one attached hydrogen (secondary N) is 1. The van der Waals surface area contributed by atoms with Crippen molar-refractivity contribution < 1.29 is 9.53 Å². The van der Waals surface area contributed by atoms with Gasteiger partial charge in [-0.15, -0.1) is 0 Å².